The van der Waals surface area contributed by atoms with E-state index >= 15 is 0 Å². The summed E-state index contributed by atoms with van der Waals surface area (Å²) in [5.74, 6) is -0.866. The van der Waals surface area contributed by atoms with Gasteiger partial charge >= 0.3 is 5.97 Å². The predicted molar refractivity (Wildman–Crippen MR) is 82.1 cm³/mol. The van der Waals surface area contributed by atoms with Crippen molar-refractivity contribution in [1.29, 1.82) is 0 Å². The van der Waals surface area contributed by atoms with Gasteiger partial charge in [-0.2, -0.15) is 0 Å². The lowest BCUT2D eigenvalue weighted by molar-refractivity contribution is -0.139. The number of nitrogens with zero attached hydrogens (tertiary/aromatic N) is 1. The van der Waals surface area contributed by atoms with E-state index in [9.17, 15) is 13.2 Å². The summed E-state index contributed by atoms with van der Waals surface area (Å²) in [6, 6.07) is 6.67. The fourth-order valence-electron chi connectivity index (χ4n) is 2.25. The molecule has 0 spiro atoms. The van der Waals surface area contributed by atoms with Gasteiger partial charge < -0.3 is 5.11 Å². The Morgan fingerprint density at radius 3 is 2.14 bits per heavy atom. The lowest BCUT2D eigenvalue weighted by Gasteiger charge is -2.33. The van der Waals surface area contributed by atoms with Gasteiger partial charge in [-0.15, -0.1) is 0 Å². The lowest BCUT2D eigenvalue weighted by Crippen LogP contribution is -2.39. The quantitative estimate of drug-likeness (QED) is 0.836. The topological polar surface area (TPSA) is 74.7 Å². The third-order valence-electron chi connectivity index (χ3n) is 3.76. The lowest BCUT2D eigenvalue weighted by atomic mass is 10.0. The molecule has 2 unspecified atom stereocenters. The van der Waals surface area contributed by atoms with Crippen LogP contribution in [0.5, 0.6) is 0 Å². The van der Waals surface area contributed by atoms with Crippen LogP contribution in [0.15, 0.2) is 29.2 Å². The van der Waals surface area contributed by atoms with Gasteiger partial charge in [-0.25, -0.2) is 8.42 Å². The van der Waals surface area contributed by atoms with Crippen LogP contribution in [-0.2, 0) is 14.6 Å². The van der Waals surface area contributed by atoms with Crippen molar-refractivity contribution in [3.05, 3.63) is 29.8 Å². The van der Waals surface area contributed by atoms with Gasteiger partial charge in [0.25, 0.3) is 0 Å². The molecule has 0 heterocycles. The standard InChI is InChI=1S/C15H23NO4S/c1-5-11(2)16(10-15(17)18)12(3)13-6-8-14(9-7-13)21(4,19)20/h6-9,11-12H,5,10H2,1-4H3,(H,17,18). The zero-order valence-electron chi connectivity index (χ0n) is 12.9. The number of benzene rings is 1. The number of carboxylic acid groups (broad SMARTS) is 1. The molecule has 1 N–H and O–H groups in total. The summed E-state index contributed by atoms with van der Waals surface area (Å²) in [6.45, 7) is 5.90. The van der Waals surface area contributed by atoms with Crippen molar-refractivity contribution in [2.75, 3.05) is 12.8 Å². The number of carbonyl (C=O) groups is 1. The number of hydrogen-bond acceptors (Lipinski definition) is 4. The third kappa shape index (κ3) is 4.82. The summed E-state index contributed by atoms with van der Waals surface area (Å²) < 4.78 is 22.9. The molecule has 21 heavy (non-hydrogen) atoms. The Morgan fingerprint density at radius 2 is 1.76 bits per heavy atom. The first-order chi connectivity index (χ1) is 9.66. The van der Waals surface area contributed by atoms with Crippen LogP contribution in [0.3, 0.4) is 0 Å². The van der Waals surface area contributed by atoms with Gasteiger partial charge in [0, 0.05) is 18.3 Å². The van der Waals surface area contributed by atoms with Crippen molar-refractivity contribution in [2.45, 2.75) is 44.2 Å². The van der Waals surface area contributed by atoms with Crippen molar-refractivity contribution in [3.8, 4) is 0 Å². The maximum Gasteiger partial charge on any atom is 0.317 e. The van der Waals surface area contributed by atoms with Crippen molar-refractivity contribution >= 4 is 15.8 Å². The maximum atomic E-state index is 11.5. The molecular weight excluding hydrogens is 290 g/mol. The minimum absolute atomic E-state index is 0.0377. The third-order valence-corrected chi connectivity index (χ3v) is 4.89. The molecule has 0 amide bonds. The van der Waals surface area contributed by atoms with Crippen LogP contribution < -0.4 is 0 Å². The number of carboxylic acids is 1. The summed E-state index contributed by atoms with van der Waals surface area (Å²) in [7, 11) is -3.21. The molecule has 1 rings (SSSR count). The average Bonchev–Trinajstić information content (AvgIpc) is 2.42. The number of hydrogen-bond donors (Lipinski definition) is 1. The second-order valence-corrected chi connectivity index (χ2v) is 7.36. The van der Waals surface area contributed by atoms with Crippen LogP contribution in [0.25, 0.3) is 0 Å². The molecule has 0 aromatic heterocycles. The van der Waals surface area contributed by atoms with E-state index in [-0.39, 0.29) is 23.5 Å². The van der Waals surface area contributed by atoms with Crippen LogP contribution in [0.2, 0.25) is 0 Å². The molecule has 118 valence electrons. The zero-order valence-corrected chi connectivity index (χ0v) is 13.7. The molecular formula is C15H23NO4S. The van der Waals surface area contributed by atoms with Gasteiger partial charge in [0.15, 0.2) is 9.84 Å². The summed E-state index contributed by atoms with van der Waals surface area (Å²) in [6.07, 6.45) is 2.01. The van der Waals surface area contributed by atoms with Crippen LogP contribution in [0, 0.1) is 0 Å². The first-order valence-electron chi connectivity index (χ1n) is 6.94. The highest BCUT2D eigenvalue weighted by atomic mass is 32.2. The average molecular weight is 313 g/mol. The highest BCUT2D eigenvalue weighted by Gasteiger charge is 2.23. The van der Waals surface area contributed by atoms with E-state index in [1.165, 1.54) is 6.26 Å². The highest BCUT2D eigenvalue weighted by Crippen LogP contribution is 2.24. The Kier molecular flexibility index (Phi) is 5.92. The molecule has 0 fully saturated rings. The monoisotopic (exact) mass is 313 g/mol. The van der Waals surface area contributed by atoms with E-state index in [1.54, 1.807) is 24.3 Å². The van der Waals surface area contributed by atoms with Crippen molar-refractivity contribution < 1.29 is 18.3 Å². The fourth-order valence-corrected chi connectivity index (χ4v) is 2.88. The van der Waals surface area contributed by atoms with E-state index in [4.69, 9.17) is 5.11 Å². The van der Waals surface area contributed by atoms with E-state index in [0.717, 1.165) is 12.0 Å². The first kappa shape index (κ1) is 17.7. The molecule has 1 aromatic carbocycles. The van der Waals surface area contributed by atoms with Gasteiger partial charge in [0.1, 0.15) is 0 Å². The highest BCUT2D eigenvalue weighted by molar-refractivity contribution is 7.90. The van der Waals surface area contributed by atoms with Crippen LogP contribution in [0.1, 0.15) is 38.8 Å². The minimum Gasteiger partial charge on any atom is -0.480 e. The predicted octanol–water partition coefficient (Wildman–Crippen LogP) is 2.34. The Bertz CT molecular complexity index is 580. The van der Waals surface area contributed by atoms with Crippen molar-refractivity contribution in [2.24, 2.45) is 0 Å². The summed E-state index contributed by atoms with van der Waals surface area (Å²) in [5, 5.41) is 9.05. The molecule has 0 saturated heterocycles. The number of rotatable bonds is 7. The zero-order chi connectivity index (χ0) is 16.2. The second-order valence-electron chi connectivity index (χ2n) is 5.34. The summed E-state index contributed by atoms with van der Waals surface area (Å²) in [5.41, 5.74) is 0.906. The molecule has 0 bridgehead atoms. The van der Waals surface area contributed by atoms with Crippen molar-refractivity contribution in [3.63, 3.8) is 0 Å². The van der Waals surface area contributed by atoms with Crippen molar-refractivity contribution in [1.82, 2.24) is 4.90 Å². The van der Waals surface area contributed by atoms with Gasteiger partial charge in [-0.1, -0.05) is 19.1 Å². The molecule has 6 heteroatoms. The van der Waals surface area contributed by atoms with Crippen LogP contribution >= 0.6 is 0 Å². The Morgan fingerprint density at radius 1 is 1.24 bits per heavy atom. The maximum absolute atomic E-state index is 11.5. The molecule has 0 aliphatic carbocycles. The number of sulfone groups is 1. The Hall–Kier alpha value is -1.40. The second kappa shape index (κ2) is 7.04. The van der Waals surface area contributed by atoms with E-state index in [2.05, 4.69) is 0 Å². The smallest absolute Gasteiger partial charge is 0.317 e. The fraction of sp³-hybridized carbons (Fsp3) is 0.533. The first-order valence-corrected chi connectivity index (χ1v) is 8.83. The van der Waals surface area contributed by atoms with Gasteiger partial charge in [0.05, 0.1) is 11.4 Å². The Balaban J connectivity index is 3.03. The normalized spacial score (nSPS) is 14.9. The van der Waals surface area contributed by atoms with Crippen LogP contribution in [-0.4, -0.2) is 43.2 Å². The van der Waals surface area contributed by atoms with E-state index in [0.29, 0.717) is 0 Å². The minimum atomic E-state index is -3.21. The summed E-state index contributed by atoms with van der Waals surface area (Å²) in [4.78, 5) is 13.2. The molecule has 0 saturated carbocycles. The van der Waals surface area contributed by atoms with Gasteiger partial charge in [0.2, 0.25) is 0 Å². The number of aliphatic carboxylic acids is 1. The molecule has 0 aliphatic heterocycles. The van der Waals surface area contributed by atoms with Gasteiger partial charge in [-0.05, 0) is 38.0 Å². The molecule has 1 aromatic rings. The van der Waals surface area contributed by atoms with Crippen LogP contribution in [0.4, 0.5) is 0 Å². The van der Waals surface area contributed by atoms with Gasteiger partial charge in [-0.3, -0.25) is 9.69 Å². The van der Waals surface area contributed by atoms with E-state index < -0.39 is 15.8 Å². The molecule has 0 aliphatic rings. The SMILES string of the molecule is CCC(C)N(CC(=O)O)C(C)c1ccc(S(C)(=O)=O)cc1. The summed E-state index contributed by atoms with van der Waals surface area (Å²) >= 11 is 0. The molecule has 2 atom stereocenters. The Labute approximate surface area is 126 Å². The molecule has 5 nitrogen and oxygen atoms in total. The molecule has 0 radical (unpaired) electrons. The largest absolute Gasteiger partial charge is 0.480 e. The van der Waals surface area contributed by atoms with E-state index in [1.807, 2.05) is 25.7 Å².